The molecule has 5 nitrogen and oxygen atoms in total. The molecule has 116 valence electrons. The first kappa shape index (κ1) is 14.8. The van der Waals surface area contributed by atoms with Crippen molar-refractivity contribution in [2.45, 2.75) is 6.61 Å². The Hall–Kier alpha value is -3.08. The molecule has 23 heavy (non-hydrogen) atoms. The lowest BCUT2D eigenvalue weighted by Crippen LogP contribution is -2.15. The number of rotatable bonds is 4. The van der Waals surface area contributed by atoms with Gasteiger partial charge in [0.2, 0.25) is 0 Å². The summed E-state index contributed by atoms with van der Waals surface area (Å²) in [6.45, 7) is -0.0783. The van der Waals surface area contributed by atoms with Crippen molar-refractivity contribution in [3.8, 4) is 5.75 Å². The molecule has 2 aromatic carbocycles. The van der Waals surface area contributed by atoms with Gasteiger partial charge >= 0.3 is 5.97 Å². The number of benzene rings is 2. The van der Waals surface area contributed by atoms with Gasteiger partial charge in [0.25, 0.3) is 5.56 Å². The molecular formula is C18H15NO4. The van der Waals surface area contributed by atoms with Gasteiger partial charge in [0.1, 0.15) is 12.4 Å². The molecule has 0 aliphatic rings. The smallest absolute Gasteiger partial charge is 0.338 e. The van der Waals surface area contributed by atoms with E-state index in [9.17, 15) is 9.59 Å². The summed E-state index contributed by atoms with van der Waals surface area (Å²) < 4.78 is 10.3. The number of aromatic nitrogens is 1. The molecule has 1 aromatic heterocycles. The van der Waals surface area contributed by atoms with Crippen LogP contribution in [0.15, 0.2) is 59.4 Å². The van der Waals surface area contributed by atoms with Gasteiger partial charge in [-0.15, -0.1) is 0 Å². The maximum absolute atomic E-state index is 12.0. The lowest BCUT2D eigenvalue weighted by molar-refractivity contribution is 0.0471. The average molecular weight is 309 g/mol. The number of hydrogen-bond acceptors (Lipinski definition) is 4. The zero-order chi connectivity index (χ0) is 16.2. The van der Waals surface area contributed by atoms with Gasteiger partial charge in [-0.05, 0) is 41.8 Å². The summed E-state index contributed by atoms with van der Waals surface area (Å²) in [5.41, 5.74) is 1.31. The molecule has 0 radical (unpaired) electrons. The van der Waals surface area contributed by atoms with Gasteiger partial charge in [-0.3, -0.25) is 4.79 Å². The molecule has 0 saturated heterocycles. The normalized spacial score (nSPS) is 10.5. The van der Waals surface area contributed by atoms with Crippen LogP contribution in [-0.4, -0.2) is 18.1 Å². The highest BCUT2D eigenvalue weighted by Gasteiger charge is 2.10. The molecule has 0 saturated carbocycles. The number of pyridine rings is 1. The summed E-state index contributed by atoms with van der Waals surface area (Å²) in [6.07, 6.45) is 0. The quantitative estimate of drug-likeness (QED) is 0.752. The monoisotopic (exact) mass is 309 g/mol. The summed E-state index contributed by atoms with van der Waals surface area (Å²) in [5.74, 6) is 0.174. The van der Waals surface area contributed by atoms with E-state index in [4.69, 9.17) is 9.47 Å². The highest BCUT2D eigenvalue weighted by atomic mass is 16.5. The topological polar surface area (TPSA) is 68.4 Å². The Bertz CT molecular complexity index is 897. The molecule has 0 atom stereocenters. The van der Waals surface area contributed by atoms with Crippen molar-refractivity contribution in [3.05, 3.63) is 76.1 Å². The number of ether oxygens (including phenoxy) is 2. The van der Waals surface area contributed by atoms with Crippen LogP contribution in [0.25, 0.3) is 10.9 Å². The minimum Gasteiger partial charge on any atom is -0.497 e. The molecule has 0 bridgehead atoms. The van der Waals surface area contributed by atoms with Gasteiger partial charge < -0.3 is 14.5 Å². The van der Waals surface area contributed by atoms with Crippen molar-refractivity contribution in [1.29, 1.82) is 0 Å². The van der Waals surface area contributed by atoms with E-state index in [1.54, 1.807) is 37.4 Å². The van der Waals surface area contributed by atoms with Crippen molar-refractivity contribution in [2.75, 3.05) is 7.11 Å². The van der Waals surface area contributed by atoms with Gasteiger partial charge in [-0.2, -0.15) is 0 Å². The molecule has 1 heterocycles. The molecule has 0 spiro atoms. The van der Waals surface area contributed by atoms with Crippen LogP contribution >= 0.6 is 0 Å². The van der Waals surface area contributed by atoms with Crippen LogP contribution in [-0.2, 0) is 11.3 Å². The number of fused-ring (bicyclic) bond motifs is 1. The third-order valence-corrected chi connectivity index (χ3v) is 3.51. The summed E-state index contributed by atoms with van der Waals surface area (Å²) in [6, 6.07) is 15.8. The largest absolute Gasteiger partial charge is 0.497 e. The van der Waals surface area contributed by atoms with E-state index < -0.39 is 5.97 Å². The molecule has 3 rings (SSSR count). The van der Waals surface area contributed by atoms with Crippen molar-refractivity contribution in [1.82, 2.24) is 4.98 Å². The zero-order valence-corrected chi connectivity index (χ0v) is 12.5. The fraction of sp³-hybridized carbons (Fsp3) is 0.111. The lowest BCUT2D eigenvalue weighted by Gasteiger charge is -2.06. The summed E-state index contributed by atoms with van der Waals surface area (Å²) in [7, 11) is 1.55. The van der Waals surface area contributed by atoms with Gasteiger partial charge in [0.15, 0.2) is 0 Å². The van der Waals surface area contributed by atoms with Crippen molar-refractivity contribution < 1.29 is 14.3 Å². The van der Waals surface area contributed by atoms with Crippen molar-refractivity contribution >= 4 is 16.9 Å². The Balaban J connectivity index is 1.75. The van der Waals surface area contributed by atoms with E-state index >= 15 is 0 Å². The molecule has 0 aliphatic heterocycles. The molecule has 1 N–H and O–H groups in total. The van der Waals surface area contributed by atoms with Crippen LogP contribution in [0, 0.1) is 0 Å². The third-order valence-electron chi connectivity index (χ3n) is 3.51. The molecule has 0 fully saturated rings. The molecule has 0 amide bonds. The predicted molar refractivity (Wildman–Crippen MR) is 86.7 cm³/mol. The SMILES string of the molecule is COc1ccc(C(=O)OCc2cc3ccccc3[nH]c2=O)cc1. The van der Waals surface area contributed by atoms with E-state index in [-0.39, 0.29) is 12.2 Å². The van der Waals surface area contributed by atoms with E-state index in [0.717, 1.165) is 10.9 Å². The second kappa shape index (κ2) is 6.36. The Morgan fingerprint density at radius 2 is 1.83 bits per heavy atom. The van der Waals surface area contributed by atoms with Crippen LogP contribution in [0.1, 0.15) is 15.9 Å². The molecule has 5 heteroatoms. The first-order valence-corrected chi connectivity index (χ1v) is 7.09. The Morgan fingerprint density at radius 1 is 1.09 bits per heavy atom. The second-order valence-electron chi connectivity index (χ2n) is 5.02. The fourth-order valence-electron chi connectivity index (χ4n) is 2.25. The van der Waals surface area contributed by atoms with Gasteiger partial charge in [-0.1, -0.05) is 18.2 Å². The molecular weight excluding hydrogens is 294 g/mol. The fourth-order valence-corrected chi connectivity index (χ4v) is 2.25. The number of carbonyl (C=O) groups excluding carboxylic acids is 1. The minimum atomic E-state index is -0.486. The first-order valence-electron chi connectivity index (χ1n) is 7.09. The number of aromatic amines is 1. The highest BCUT2D eigenvalue weighted by Crippen LogP contribution is 2.14. The maximum atomic E-state index is 12.0. The van der Waals surface area contributed by atoms with E-state index in [1.807, 2.05) is 24.3 Å². The Morgan fingerprint density at radius 3 is 2.57 bits per heavy atom. The van der Waals surface area contributed by atoms with Crippen LogP contribution in [0.4, 0.5) is 0 Å². The van der Waals surface area contributed by atoms with E-state index in [1.165, 1.54) is 0 Å². The average Bonchev–Trinajstić information content (AvgIpc) is 2.59. The lowest BCUT2D eigenvalue weighted by atomic mass is 10.1. The second-order valence-corrected chi connectivity index (χ2v) is 5.02. The highest BCUT2D eigenvalue weighted by molar-refractivity contribution is 5.89. The van der Waals surface area contributed by atoms with E-state index in [0.29, 0.717) is 16.9 Å². The van der Waals surface area contributed by atoms with Gasteiger partial charge in [0.05, 0.1) is 18.2 Å². The Labute approximate surface area is 132 Å². The van der Waals surface area contributed by atoms with Crippen LogP contribution < -0.4 is 10.3 Å². The third kappa shape index (κ3) is 3.23. The molecule has 3 aromatic rings. The summed E-state index contributed by atoms with van der Waals surface area (Å²) in [5, 5.41) is 0.891. The first-order chi connectivity index (χ1) is 11.2. The minimum absolute atomic E-state index is 0.0783. The summed E-state index contributed by atoms with van der Waals surface area (Å²) in [4.78, 5) is 26.8. The zero-order valence-electron chi connectivity index (χ0n) is 12.5. The van der Waals surface area contributed by atoms with Crippen molar-refractivity contribution in [2.24, 2.45) is 0 Å². The van der Waals surface area contributed by atoms with Crippen molar-refractivity contribution in [3.63, 3.8) is 0 Å². The number of nitrogens with one attached hydrogen (secondary N) is 1. The molecule has 0 unspecified atom stereocenters. The van der Waals surface area contributed by atoms with Crippen LogP contribution in [0.5, 0.6) is 5.75 Å². The van der Waals surface area contributed by atoms with Crippen LogP contribution in [0.3, 0.4) is 0 Å². The number of esters is 1. The predicted octanol–water partition coefficient (Wildman–Crippen LogP) is 2.89. The number of para-hydroxylation sites is 1. The number of methoxy groups -OCH3 is 1. The maximum Gasteiger partial charge on any atom is 0.338 e. The Kier molecular flexibility index (Phi) is 4.10. The van der Waals surface area contributed by atoms with E-state index in [2.05, 4.69) is 4.98 Å². The standard InChI is InChI=1S/C18H15NO4/c1-22-15-8-6-12(7-9-15)18(21)23-11-14-10-13-4-2-3-5-16(13)19-17(14)20/h2-10H,11H2,1H3,(H,19,20). The molecule has 0 aliphatic carbocycles. The number of hydrogen-bond donors (Lipinski definition) is 1. The number of H-pyrrole nitrogens is 1. The van der Waals surface area contributed by atoms with Crippen LogP contribution in [0.2, 0.25) is 0 Å². The van der Waals surface area contributed by atoms with Gasteiger partial charge in [-0.25, -0.2) is 4.79 Å². The summed E-state index contributed by atoms with van der Waals surface area (Å²) >= 11 is 0. The van der Waals surface area contributed by atoms with Gasteiger partial charge in [0, 0.05) is 5.52 Å². The number of carbonyl (C=O) groups is 1.